The van der Waals surface area contributed by atoms with Crippen LogP contribution in [0.5, 0.6) is 5.75 Å². The van der Waals surface area contributed by atoms with Gasteiger partial charge in [0.05, 0.1) is 11.6 Å². The zero-order chi connectivity index (χ0) is 19.6. The molecule has 1 fully saturated rings. The highest BCUT2D eigenvalue weighted by atomic mass is 127. The van der Waals surface area contributed by atoms with Gasteiger partial charge in [-0.15, -0.1) is 24.0 Å². The normalized spacial score (nSPS) is 15.0. The van der Waals surface area contributed by atoms with E-state index in [1.807, 2.05) is 0 Å². The van der Waals surface area contributed by atoms with Crippen molar-refractivity contribution < 1.29 is 9.53 Å². The van der Waals surface area contributed by atoms with Crippen LogP contribution in [-0.4, -0.2) is 56.6 Å². The minimum absolute atomic E-state index is 0. The number of hydrogen-bond donors (Lipinski definition) is 2. The number of carbonyl (C=O) groups excluding carboxylic acids is 1. The number of hydrogen-bond acceptors (Lipinski definition) is 3. The number of halogens is 3. The van der Waals surface area contributed by atoms with Crippen molar-refractivity contribution in [3.05, 3.63) is 28.2 Å². The fourth-order valence-corrected chi connectivity index (χ4v) is 3.39. The standard InChI is InChI=1S/C19H28Cl2N4O2.HI/c1-3-23-19(25-10-7-14(8-11-25)13-17(26)22-2)24-9-12-27-16-6-4-5-15(20)18(16)21;/h4-6,14H,3,7-13H2,1-2H3,(H,22,26)(H,23,24);1H. The Hall–Kier alpha value is -0.930. The predicted molar refractivity (Wildman–Crippen MR) is 126 cm³/mol. The molecular formula is C19H29Cl2IN4O2. The Balaban J connectivity index is 0.00000392. The maximum Gasteiger partial charge on any atom is 0.220 e. The summed E-state index contributed by atoms with van der Waals surface area (Å²) in [6.45, 7) is 5.59. The van der Waals surface area contributed by atoms with Crippen molar-refractivity contribution in [1.82, 2.24) is 15.5 Å². The molecule has 1 aromatic carbocycles. The summed E-state index contributed by atoms with van der Waals surface area (Å²) in [6.07, 6.45) is 2.59. The van der Waals surface area contributed by atoms with E-state index in [0.717, 1.165) is 38.4 Å². The summed E-state index contributed by atoms with van der Waals surface area (Å²) in [5.41, 5.74) is 0. The van der Waals surface area contributed by atoms with Crippen molar-refractivity contribution in [2.24, 2.45) is 10.9 Å². The van der Waals surface area contributed by atoms with Crippen LogP contribution in [0.2, 0.25) is 10.0 Å². The summed E-state index contributed by atoms with van der Waals surface area (Å²) in [6, 6.07) is 5.33. The smallest absolute Gasteiger partial charge is 0.220 e. The number of aliphatic imine (C=N–C) groups is 1. The molecule has 0 unspecified atom stereocenters. The first kappa shape index (κ1) is 25.1. The molecule has 28 heavy (non-hydrogen) atoms. The Morgan fingerprint density at radius 3 is 2.68 bits per heavy atom. The van der Waals surface area contributed by atoms with Crippen molar-refractivity contribution >= 4 is 59.0 Å². The first-order valence-corrected chi connectivity index (χ1v) is 10.1. The molecule has 0 aromatic heterocycles. The van der Waals surface area contributed by atoms with Gasteiger partial charge >= 0.3 is 0 Å². The van der Waals surface area contributed by atoms with Gasteiger partial charge in [0.1, 0.15) is 17.4 Å². The van der Waals surface area contributed by atoms with E-state index in [4.69, 9.17) is 27.9 Å². The maximum absolute atomic E-state index is 11.5. The highest BCUT2D eigenvalue weighted by molar-refractivity contribution is 14.0. The highest BCUT2D eigenvalue weighted by Crippen LogP contribution is 2.31. The minimum atomic E-state index is 0. The molecule has 1 amide bonds. The molecule has 0 aliphatic carbocycles. The van der Waals surface area contributed by atoms with Crippen molar-refractivity contribution in [3.8, 4) is 5.75 Å². The van der Waals surface area contributed by atoms with Gasteiger partial charge in [-0.25, -0.2) is 4.99 Å². The molecule has 0 spiro atoms. The second kappa shape index (κ2) is 13.3. The number of piperidine rings is 1. The molecule has 0 saturated carbocycles. The van der Waals surface area contributed by atoms with Gasteiger partial charge in [-0.3, -0.25) is 4.79 Å². The number of rotatable bonds is 7. The van der Waals surface area contributed by atoms with Crippen LogP contribution in [0.3, 0.4) is 0 Å². The topological polar surface area (TPSA) is 66.0 Å². The third-order valence-electron chi connectivity index (χ3n) is 4.53. The molecule has 0 bridgehead atoms. The zero-order valence-corrected chi connectivity index (χ0v) is 20.2. The van der Waals surface area contributed by atoms with Gasteiger partial charge < -0.3 is 20.3 Å². The summed E-state index contributed by atoms with van der Waals surface area (Å²) in [5, 5.41) is 6.94. The Labute approximate surface area is 194 Å². The van der Waals surface area contributed by atoms with E-state index in [1.54, 1.807) is 25.2 Å². The van der Waals surface area contributed by atoms with Gasteiger partial charge in [-0.05, 0) is 37.8 Å². The van der Waals surface area contributed by atoms with E-state index in [2.05, 4.69) is 27.4 Å². The van der Waals surface area contributed by atoms with Crippen molar-refractivity contribution in [2.75, 3.05) is 39.8 Å². The molecule has 1 aliphatic heterocycles. The van der Waals surface area contributed by atoms with Gasteiger partial charge in [0.15, 0.2) is 5.96 Å². The molecule has 0 radical (unpaired) electrons. The van der Waals surface area contributed by atoms with Crippen molar-refractivity contribution in [2.45, 2.75) is 26.2 Å². The Morgan fingerprint density at radius 1 is 1.32 bits per heavy atom. The monoisotopic (exact) mass is 542 g/mol. The SMILES string of the molecule is CCNC(=NCCOc1cccc(Cl)c1Cl)N1CCC(CC(=O)NC)CC1.I. The van der Waals surface area contributed by atoms with E-state index in [1.165, 1.54) is 0 Å². The summed E-state index contributed by atoms with van der Waals surface area (Å²) >= 11 is 12.1. The molecule has 1 saturated heterocycles. The average Bonchev–Trinajstić information content (AvgIpc) is 2.68. The highest BCUT2D eigenvalue weighted by Gasteiger charge is 2.23. The van der Waals surface area contributed by atoms with Crippen LogP contribution in [0.1, 0.15) is 26.2 Å². The molecule has 1 aromatic rings. The van der Waals surface area contributed by atoms with Crippen molar-refractivity contribution in [1.29, 1.82) is 0 Å². The van der Waals surface area contributed by atoms with Crippen LogP contribution in [0, 0.1) is 5.92 Å². The zero-order valence-electron chi connectivity index (χ0n) is 16.3. The summed E-state index contributed by atoms with van der Waals surface area (Å²) in [4.78, 5) is 18.4. The predicted octanol–water partition coefficient (Wildman–Crippen LogP) is 3.80. The summed E-state index contributed by atoms with van der Waals surface area (Å²) in [7, 11) is 1.69. The Kier molecular flexibility index (Phi) is 11.9. The molecule has 2 N–H and O–H groups in total. The second-order valence-corrected chi connectivity index (χ2v) is 7.23. The number of ether oxygens (including phenoxy) is 1. The largest absolute Gasteiger partial charge is 0.490 e. The van der Waals surface area contributed by atoms with Crippen LogP contribution in [0.15, 0.2) is 23.2 Å². The fourth-order valence-electron chi connectivity index (χ4n) is 3.04. The van der Waals surface area contributed by atoms with Gasteiger partial charge in [0, 0.05) is 33.1 Å². The number of amides is 1. The molecule has 2 rings (SSSR count). The molecular weight excluding hydrogens is 514 g/mol. The first-order chi connectivity index (χ1) is 13.0. The van der Waals surface area contributed by atoms with Crippen LogP contribution in [0.4, 0.5) is 0 Å². The lowest BCUT2D eigenvalue weighted by Crippen LogP contribution is -2.46. The van der Waals surface area contributed by atoms with Crippen LogP contribution in [0.25, 0.3) is 0 Å². The van der Waals surface area contributed by atoms with E-state index in [-0.39, 0.29) is 29.9 Å². The molecule has 6 nitrogen and oxygen atoms in total. The van der Waals surface area contributed by atoms with Crippen molar-refractivity contribution in [3.63, 3.8) is 0 Å². The van der Waals surface area contributed by atoms with Gasteiger partial charge in [0.2, 0.25) is 5.91 Å². The molecule has 9 heteroatoms. The van der Waals surface area contributed by atoms with Crippen LogP contribution < -0.4 is 15.4 Å². The average molecular weight is 543 g/mol. The number of benzene rings is 1. The molecule has 158 valence electrons. The maximum atomic E-state index is 11.5. The number of nitrogens with zero attached hydrogens (tertiary/aromatic N) is 2. The quantitative estimate of drug-likeness (QED) is 0.238. The lowest BCUT2D eigenvalue weighted by Gasteiger charge is -2.34. The third kappa shape index (κ3) is 7.83. The second-order valence-electron chi connectivity index (χ2n) is 6.44. The number of carbonyl (C=O) groups is 1. The van der Waals surface area contributed by atoms with Gasteiger partial charge in [-0.1, -0.05) is 29.3 Å². The van der Waals surface area contributed by atoms with Crippen LogP contribution in [-0.2, 0) is 4.79 Å². The van der Waals surface area contributed by atoms with E-state index < -0.39 is 0 Å². The van der Waals surface area contributed by atoms with Gasteiger partial charge in [0.25, 0.3) is 0 Å². The molecule has 0 atom stereocenters. The fraction of sp³-hybridized carbons (Fsp3) is 0.579. The first-order valence-electron chi connectivity index (χ1n) is 9.35. The molecule has 1 aliphatic rings. The number of likely N-dealkylation sites (tertiary alicyclic amines) is 1. The van der Waals surface area contributed by atoms with Crippen LogP contribution >= 0.6 is 47.2 Å². The van der Waals surface area contributed by atoms with E-state index >= 15 is 0 Å². The van der Waals surface area contributed by atoms with Gasteiger partial charge in [-0.2, -0.15) is 0 Å². The lowest BCUT2D eigenvalue weighted by molar-refractivity contribution is -0.121. The van der Waals surface area contributed by atoms with E-state index in [0.29, 0.717) is 41.3 Å². The minimum Gasteiger partial charge on any atom is -0.490 e. The lowest BCUT2D eigenvalue weighted by atomic mass is 9.93. The summed E-state index contributed by atoms with van der Waals surface area (Å²) in [5.74, 6) is 2.01. The number of guanidine groups is 1. The third-order valence-corrected chi connectivity index (χ3v) is 5.33. The molecule has 1 heterocycles. The Bertz CT molecular complexity index is 653. The summed E-state index contributed by atoms with van der Waals surface area (Å²) < 4.78 is 5.69. The Morgan fingerprint density at radius 2 is 2.04 bits per heavy atom. The number of nitrogens with one attached hydrogen (secondary N) is 2. The van der Waals surface area contributed by atoms with E-state index in [9.17, 15) is 4.79 Å².